The Bertz CT molecular complexity index is 866. The van der Waals surface area contributed by atoms with Crippen LogP contribution in [0.3, 0.4) is 0 Å². The van der Waals surface area contributed by atoms with Gasteiger partial charge in [0.25, 0.3) is 0 Å². The van der Waals surface area contributed by atoms with Crippen molar-refractivity contribution in [2.75, 3.05) is 27.3 Å². The molecular weight excluding hydrogens is 374 g/mol. The van der Waals surface area contributed by atoms with Crippen LogP contribution in [-0.2, 0) is 0 Å². The highest BCUT2D eigenvalue weighted by atomic mass is 16.5. The maximum Gasteiger partial charge on any atom is 0.127 e. The average molecular weight is 408 g/mol. The van der Waals surface area contributed by atoms with Gasteiger partial charge in [0.05, 0.1) is 19.8 Å². The summed E-state index contributed by atoms with van der Waals surface area (Å²) in [4.78, 5) is 2.51. The van der Waals surface area contributed by atoms with E-state index in [0.717, 1.165) is 55.8 Å². The van der Waals surface area contributed by atoms with Gasteiger partial charge in [-0.3, -0.25) is 4.90 Å². The number of rotatable bonds is 6. The third-order valence-electron chi connectivity index (χ3n) is 6.88. The molecule has 0 spiro atoms. The number of piperidine rings is 1. The van der Waals surface area contributed by atoms with Gasteiger partial charge >= 0.3 is 0 Å². The van der Waals surface area contributed by atoms with E-state index in [1.807, 2.05) is 18.2 Å². The second kappa shape index (κ2) is 9.23. The third-order valence-corrected chi connectivity index (χ3v) is 6.88. The molecule has 4 heteroatoms. The quantitative estimate of drug-likeness (QED) is 0.725. The molecule has 1 saturated heterocycles. The van der Waals surface area contributed by atoms with Crippen LogP contribution in [0.1, 0.15) is 49.3 Å². The molecule has 1 aliphatic heterocycles. The number of ether oxygens (including phenoxy) is 2. The maximum atomic E-state index is 11.5. The highest BCUT2D eigenvalue weighted by Gasteiger charge is 2.49. The number of hydrogen-bond donors (Lipinski definition) is 1. The minimum absolute atomic E-state index is 0.130. The average Bonchev–Trinajstić information content (AvgIpc) is 2.79. The van der Waals surface area contributed by atoms with Crippen molar-refractivity contribution in [2.45, 2.75) is 43.7 Å². The molecule has 1 N–H and O–H groups in total. The molecule has 160 valence electrons. The molecule has 2 fully saturated rings. The summed E-state index contributed by atoms with van der Waals surface area (Å²) >= 11 is 0. The molecule has 4 nitrogen and oxygen atoms in total. The lowest BCUT2D eigenvalue weighted by Crippen LogP contribution is -2.54. The number of methoxy groups -OCH3 is 2. The molecule has 30 heavy (non-hydrogen) atoms. The van der Waals surface area contributed by atoms with Crippen molar-refractivity contribution in [2.24, 2.45) is 5.92 Å². The van der Waals surface area contributed by atoms with Crippen LogP contribution in [-0.4, -0.2) is 42.9 Å². The van der Waals surface area contributed by atoms with Crippen molar-refractivity contribution >= 4 is 6.08 Å². The zero-order valence-corrected chi connectivity index (χ0v) is 18.1. The van der Waals surface area contributed by atoms with E-state index in [-0.39, 0.29) is 12.0 Å². The molecule has 2 aliphatic rings. The van der Waals surface area contributed by atoms with E-state index >= 15 is 0 Å². The monoisotopic (exact) mass is 407 g/mol. The Morgan fingerprint density at radius 2 is 1.90 bits per heavy atom. The minimum atomic E-state index is -0.576. The molecule has 2 aromatic rings. The molecule has 3 atom stereocenters. The fourth-order valence-corrected chi connectivity index (χ4v) is 5.31. The summed E-state index contributed by atoms with van der Waals surface area (Å²) in [5.41, 5.74) is 1.78. The van der Waals surface area contributed by atoms with E-state index in [4.69, 9.17) is 9.47 Å². The third kappa shape index (κ3) is 4.26. The molecule has 2 unspecified atom stereocenters. The van der Waals surface area contributed by atoms with Gasteiger partial charge in [-0.15, -0.1) is 0 Å². The number of aliphatic hydroxyl groups is 1. The van der Waals surface area contributed by atoms with Gasteiger partial charge in [-0.25, -0.2) is 0 Å². The summed E-state index contributed by atoms with van der Waals surface area (Å²) in [6, 6.07) is 16.6. The first-order valence-electron chi connectivity index (χ1n) is 11.0. The second-order valence-corrected chi connectivity index (χ2v) is 8.57. The number of hydrogen-bond acceptors (Lipinski definition) is 4. The van der Waals surface area contributed by atoms with Crippen LogP contribution in [0.2, 0.25) is 0 Å². The van der Waals surface area contributed by atoms with Crippen molar-refractivity contribution in [1.29, 1.82) is 0 Å². The predicted octanol–water partition coefficient (Wildman–Crippen LogP) is 5.09. The molecule has 4 rings (SSSR count). The Balaban J connectivity index is 1.66. The predicted molar refractivity (Wildman–Crippen MR) is 121 cm³/mol. The van der Waals surface area contributed by atoms with Crippen molar-refractivity contribution in [3.8, 4) is 11.5 Å². The van der Waals surface area contributed by atoms with E-state index in [2.05, 4.69) is 47.4 Å². The standard InChI is InChI=1S/C26H33NO3/c1-29-21-13-14-22(24(19-21)30-2)25-23-12-6-7-15-26(23,28)16-18-27(25)17-8-11-20-9-4-3-5-10-20/h3-5,8-11,13-14,19,23,25,28H,6-7,12,15-18H2,1-2H3/t23?,25-,26?/m0/s1. The summed E-state index contributed by atoms with van der Waals surface area (Å²) in [7, 11) is 3.39. The Hall–Kier alpha value is -2.30. The van der Waals surface area contributed by atoms with Crippen LogP contribution in [0.25, 0.3) is 6.08 Å². The van der Waals surface area contributed by atoms with Crippen molar-refractivity contribution < 1.29 is 14.6 Å². The lowest BCUT2D eigenvalue weighted by molar-refractivity contribution is -0.122. The van der Waals surface area contributed by atoms with E-state index in [9.17, 15) is 5.11 Å². The van der Waals surface area contributed by atoms with Gasteiger partial charge in [0.2, 0.25) is 0 Å². The minimum Gasteiger partial charge on any atom is -0.497 e. The van der Waals surface area contributed by atoms with Crippen LogP contribution < -0.4 is 9.47 Å². The van der Waals surface area contributed by atoms with E-state index in [1.54, 1.807) is 14.2 Å². The largest absolute Gasteiger partial charge is 0.497 e. The molecule has 1 heterocycles. The van der Waals surface area contributed by atoms with E-state index < -0.39 is 5.60 Å². The Kier molecular flexibility index (Phi) is 6.45. The summed E-state index contributed by atoms with van der Waals surface area (Å²) in [6.07, 6.45) is 9.51. The zero-order valence-electron chi connectivity index (χ0n) is 18.1. The normalized spacial score (nSPS) is 27.0. The first-order valence-corrected chi connectivity index (χ1v) is 11.0. The SMILES string of the molecule is COc1ccc([C@H]2C3CCCCC3(O)CCN2CC=Cc2ccccc2)c(OC)c1. The molecule has 0 radical (unpaired) electrons. The van der Waals surface area contributed by atoms with Gasteiger partial charge in [0, 0.05) is 36.7 Å². The molecule has 1 saturated carbocycles. The fourth-order valence-electron chi connectivity index (χ4n) is 5.31. The van der Waals surface area contributed by atoms with Gasteiger partial charge in [-0.05, 0) is 30.9 Å². The molecule has 0 amide bonds. The van der Waals surface area contributed by atoms with Crippen molar-refractivity contribution in [1.82, 2.24) is 4.90 Å². The Morgan fingerprint density at radius 3 is 2.67 bits per heavy atom. The number of nitrogens with zero attached hydrogens (tertiary/aromatic N) is 1. The van der Waals surface area contributed by atoms with Crippen LogP contribution in [0.5, 0.6) is 11.5 Å². The molecule has 0 bridgehead atoms. The van der Waals surface area contributed by atoms with Crippen molar-refractivity contribution in [3.05, 3.63) is 65.7 Å². The maximum absolute atomic E-state index is 11.5. The summed E-state index contributed by atoms with van der Waals surface area (Å²) in [6.45, 7) is 1.73. The van der Waals surface area contributed by atoms with Crippen molar-refractivity contribution in [3.63, 3.8) is 0 Å². The highest BCUT2D eigenvalue weighted by molar-refractivity contribution is 5.49. The number of fused-ring (bicyclic) bond motifs is 1. The topological polar surface area (TPSA) is 41.9 Å². The van der Waals surface area contributed by atoms with Gasteiger partial charge < -0.3 is 14.6 Å². The zero-order chi connectivity index (χ0) is 21.0. The van der Waals surface area contributed by atoms with Crippen LogP contribution in [0, 0.1) is 5.92 Å². The second-order valence-electron chi connectivity index (χ2n) is 8.57. The molecular formula is C26H33NO3. The fraction of sp³-hybridized carbons (Fsp3) is 0.462. The lowest BCUT2D eigenvalue weighted by atomic mass is 9.66. The van der Waals surface area contributed by atoms with E-state index in [0.29, 0.717) is 0 Å². The number of likely N-dealkylation sites (tertiary alicyclic amines) is 1. The summed E-state index contributed by atoms with van der Waals surface area (Å²) < 4.78 is 11.2. The van der Waals surface area contributed by atoms with Gasteiger partial charge in [-0.2, -0.15) is 0 Å². The molecule has 0 aromatic heterocycles. The first-order chi connectivity index (χ1) is 14.6. The highest BCUT2D eigenvalue weighted by Crippen LogP contribution is 2.51. The van der Waals surface area contributed by atoms with Gasteiger partial charge in [0.1, 0.15) is 11.5 Å². The number of benzene rings is 2. The van der Waals surface area contributed by atoms with Crippen LogP contribution in [0.4, 0.5) is 0 Å². The van der Waals surface area contributed by atoms with Crippen LogP contribution >= 0.6 is 0 Å². The van der Waals surface area contributed by atoms with Gasteiger partial charge in [-0.1, -0.05) is 61.4 Å². The molecule has 1 aliphatic carbocycles. The molecule has 2 aromatic carbocycles. The lowest BCUT2D eigenvalue weighted by Gasteiger charge is -2.52. The Morgan fingerprint density at radius 1 is 1.07 bits per heavy atom. The first kappa shape index (κ1) is 21.0. The summed E-state index contributed by atoms with van der Waals surface area (Å²) in [5, 5.41) is 11.5. The van der Waals surface area contributed by atoms with Crippen LogP contribution in [0.15, 0.2) is 54.6 Å². The van der Waals surface area contributed by atoms with Gasteiger partial charge in [0.15, 0.2) is 0 Å². The smallest absolute Gasteiger partial charge is 0.127 e. The summed E-state index contributed by atoms with van der Waals surface area (Å²) in [5.74, 6) is 1.85. The van der Waals surface area contributed by atoms with E-state index in [1.165, 1.54) is 12.0 Å². The Labute approximate surface area is 180 Å².